The summed E-state index contributed by atoms with van der Waals surface area (Å²) >= 11 is 5.71. The normalized spacial score (nSPS) is 27.3. The van der Waals surface area contributed by atoms with Gasteiger partial charge in [0.2, 0.25) is 0 Å². The lowest BCUT2D eigenvalue weighted by Gasteiger charge is -2.35. The number of anilines is 2. The van der Waals surface area contributed by atoms with Gasteiger partial charge in [-0.2, -0.15) is 0 Å². The standard InChI is InChI=1S/C14H19ClFN3/c15-11-7-13(17)14(8-12(11)16)18-9-3-5-19-4-1-2-10(19)6-9/h7-10,18H,1-6,17H2. The highest BCUT2D eigenvalue weighted by Gasteiger charge is 2.31. The van der Waals surface area contributed by atoms with Gasteiger partial charge in [-0.15, -0.1) is 0 Å². The molecule has 0 saturated carbocycles. The number of hydrogen-bond acceptors (Lipinski definition) is 3. The zero-order chi connectivity index (χ0) is 13.4. The molecule has 0 bridgehead atoms. The number of nitrogens with zero attached hydrogens (tertiary/aromatic N) is 1. The summed E-state index contributed by atoms with van der Waals surface area (Å²) in [6, 6.07) is 3.94. The fourth-order valence-electron chi connectivity index (χ4n) is 3.26. The molecule has 2 atom stereocenters. The summed E-state index contributed by atoms with van der Waals surface area (Å²) in [5, 5.41) is 3.46. The summed E-state index contributed by atoms with van der Waals surface area (Å²) < 4.78 is 13.5. The topological polar surface area (TPSA) is 41.3 Å². The molecule has 2 saturated heterocycles. The van der Waals surface area contributed by atoms with Crippen LogP contribution in [0.3, 0.4) is 0 Å². The number of nitrogens with two attached hydrogens (primary N) is 1. The predicted octanol–water partition coefficient (Wildman–Crippen LogP) is 3.10. The van der Waals surface area contributed by atoms with Gasteiger partial charge in [-0.1, -0.05) is 11.6 Å². The van der Waals surface area contributed by atoms with Gasteiger partial charge >= 0.3 is 0 Å². The molecule has 0 amide bonds. The monoisotopic (exact) mass is 283 g/mol. The number of nitrogens with one attached hydrogen (secondary N) is 1. The molecule has 2 aliphatic rings. The molecule has 0 aromatic heterocycles. The van der Waals surface area contributed by atoms with Gasteiger partial charge in [-0.25, -0.2) is 4.39 Å². The van der Waals surface area contributed by atoms with Gasteiger partial charge in [0.15, 0.2) is 0 Å². The molecule has 2 heterocycles. The molecule has 19 heavy (non-hydrogen) atoms. The van der Waals surface area contributed by atoms with Crippen LogP contribution in [0.15, 0.2) is 12.1 Å². The SMILES string of the molecule is Nc1cc(Cl)c(F)cc1NC1CCN2CCCC2C1. The highest BCUT2D eigenvalue weighted by molar-refractivity contribution is 6.31. The first kappa shape index (κ1) is 13.0. The molecule has 2 fully saturated rings. The van der Waals surface area contributed by atoms with E-state index < -0.39 is 5.82 Å². The average molecular weight is 284 g/mol. The van der Waals surface area contributed by atoms with Crippen molar-refractivity contribution in [2.24, 2.45) is 0 Å². The Morgan fingerprint density at radius 1 is 1.32 bits per heavy atom. The molecule has 2 unspecified atom stereocenters. The fraction of sp³-hybridized carbons (Fsp3) is 0.571. The highest BCUT2D eigenvalue weighted by Crippen LogP contribution is 2.31. The maximum atomic E-state index is 13.5. The van der Waals surface area contributed by atoms with Crippen LogP contribution >= 0.6 is 11.6 Å². The van der Waals surface area contributed by atoms with Crippen LogP contribution in [0.2, 0.25) is 5.02 Å². The van der Waals surface area contributed by atoms with Crippen LogP contribution in [-0.4, -0.2) is 30.1 Å². The summed E-state index contributed by atoms with van der Waals surface area (Å²) in [6.45, 7) is 2.35. The van der Waals surface area contributed by atoms with E-state index in [1.165, 1.54) is 31.5 Å². The third kappa shape index (κ3) is 2.65. The van der Waals surface area contributed by atoms with E-state index in [4.69, 9.17) is 17.3 Å². The Balaban J connectivity index is 1.70. The molecule has 1 aromatic carbocycles. The number of nitrogen functional groups attached to an aromatic ring is 1. The van der Waals surface area contributed by atoms with Crippen molar-refractivity contribution in [3.63, 3.8) is 0 Å². The van der Waals surface area contributed by atoms with Gasteiger partial charge in [0, 0.05) is 24.7 Å². The second-order valence-corrected chi connectivity index (χ2v) is 5.96. The van der Waals surface area contributed by atoms with Crippen LogP contribution in [0.1, 0.15) is 25.7 Å². The summed E-state index contributed by atoms with van der Waals surface area (Å²) in [5.41, 5.74) is 7.07. The maximum Gasteiger partial charge on any atom is 0.143 e. The lowest BCUT2D eigenvalue weighted by molar-refractivity contribution is 0.188. The van der Waals surface area contributed by atoms with Gasteiger partial charge in [0.1, 0.15) is 5.82 Å². The molecular weight excluding hydrogens is 265 g/mol. The van der Waals surface area contributed by atoms with Crippen LogP contribution in [-0.2, 0) is 0 Å². The number of rotatable bonds is 2. The summed E-state index contributed by atoms with van der Waals surface area (Å²) in [4.78, 5) is 2.56. The molecule has 1 aromatic rings. The van der Waals surface area contributed by atoms with E-state index in [0.29, 0.717) is 23.5 Å². The second-order valence-electron chi connectivity index (χ2n) is 5.55. The van der Waals surface area contributed by atoms with Gasteiger partial charge < -0.3 is 16.0 Å². The molecule has 2 aliphatic heterocycles. The van der Waals surface area contributed by atoms with Crippen molar-refractivity contribution in [2.45, 2.75) is 37.8 Å². The van der Waals surface area contributed by atoms with Gasteiger partial charge in [0.25, 0.3) is 0 Å². The zero-order valence-corrected chi connectivity index (χ0v) is 11.6. The largest absolute Gasteiger partial charge is 0.397 e. The summed E-state index contributed by atoms with van der Waals surface area (Å²) in [5.74, 6) is -0.420. The minimum absolute atomic E-state index is 0.0775. The first-order valence-electron chi connectivity index (χ1n) is 6.88. The Morgan fingerprint density at radius 2 is 2.16 bits per heavy atom. The van der Waals surface area contributed by atoms with Gasteiger partial charge in [0.05, 0.1) is 16.4 Å². The Hall–Kier alpha value is -1.00. The van der Waals surface area contributed by atoms with Crippen molar-refractivity contribution in [2.75, 3.05) is 24.1 Å². The van der Waals surface area contributed by atoms with E-state index in [9.17, 15) is 4.39 Å². The maximum absolute atomic E-state index is 13.5. The van der Waals surface area contributed by atoms with Gasteiger partial charge in [-0.3, -0.25) is 0 Å². The van der Waals surface area contributed by atoms with Gasteiger partial charge in [-0.05, 0) is 38.3 Å². The van der Waals surface area contributed by atoms with E-state index >= 15 is 0 Å². The lowest BCUT2D eigenvalue weighted by Crippen LogP contribution is -2.42. The van der Waals surface area contributed by atoms with Crippen molar-refractivity contribution in [1.29, 1.82) is 0 Å². The Kier molecular flexibility index (Phi) is 3.54. The van der Waals surface area contributed by atoms with Crippen LogP contribution in [0.25, 0.3) is 0 Å². The first-order valence-corrected chi connectivity index (χ1v) is 7.26. The van der Waals surface area contributed by atoms with Crippen molar-refractivity contribution in [1.82, 2.24) is 4.90 Å². The quantitative estimate of drug-likeness (QED) is 0.820. The Bertz CT molecular complexity index is 480. The van der Waals surface area contributed by atoms with E-state index in [0.717, 1.165) is 19.4 Å². The zero-order valence-electron chi connectivity index (χ0n) is 10.8. The van der Waals surface area contributed by atoms with Crippen molar-refractivity contribution < 1.29 is 4.39 Å². The van der Waals surface area contributed by atoms with E-state index in [1.54, 1.807) is 0 Å². The minimum atomic E-state index is -0.420. The second kappa shape index (κ2) is 5.17. The molecule has 0 spiro atoms. The minimum Gasteiger partial charge on any atom is -0.397 e. The number of hydrogen-bond donors (Lipinski definition) is 2. The molecule has 3 nitrogen and oxygen atoms in total. The Morgan fingerprint density at radius 3 is 3.00 bits per heavy atom. The Labute approximate surface area is 117 Å². The van der Waals surface area contributed by atoms with E-state index in [-0.39, 0.29) is 5.02 Å². The third-order valence-corrected chi connectivity index (χ3v) is 4.56. The van der Waals surface area contributed by atoms with Crippen molar-refractivity contribution in [3.05, 3.63) is 23.0 Å². The molecule has 5 heteroatoms. The summed E-state index contributed by atoms with van der Waals surface area (Å²) in [7, 11) is 0. The molecule has 3 N–H and O–H groups in total. The van der Waals surface area contributed by atoms with Crippen LogP contribution in [0.5, 0.6) is 0 Å². The average Bonchev–Trinajstić information content (AvgIpc) is 2.83. The molecular formula is C14H19ClFN3. The van der Waals surface area contributed by atoms with Crippen molar-refractivity contribution in [3.8, 4) is 0 Å². The van der Waals surface area contributed by atoms with Crippen molar-refractivity contribution >= 4 is 23.0 Å². The smallest absolute Gasteiger partial charge is 0.143 e. The molecule has 0 radical (unpaired) electrons. The molecule has 3 rings (SSSR count). The predicted molar refractivity (Wildman–Crippen MR) is 77.1 cm³/mol. The number of halogens is 2. The van der Waals surface area contributed by atoms with E-state index in [1.807, 2.05) is 0 Å². The van der Waals surface area contributed by atoms with E-state index in [2.05, 4.69) is 10.2 Å². The number of benzene rings is 1. The summed E-state index contributed by atoms with van der Waals surface area (Å²) in [6.07, 6.45) is 4.78. The first-order chi connectivity index (χ1) is 9.13. The molecule has 104 valence electrons. The van der Waals surface area contributed by atoms with Crippen LogP contribution in [0, 0.1) is 5.82 Å². The molecule has 0 aliphatic carbocycles. The lowest BCUT2D eigenvalue weighted by atomic mass is 9.97. The number of fused-ring (bicyclic) bond motifs is 1. The third-order valence-electron chi connectivity index (χ3n) is 4.27. The highest BCUT2D eigenvalue weighted by atomic mass is 35.5. The van der Waals surface area contributed by atoms with Crippen LogP contribution < -0.4 is 11.1 Å². The fourth-order valence-corrected chi connectivity index (χ4v) is 3.43. The number of piperidine rings is 1. The van der Waals surface area contributed by atoms with Crippen LogP contribution in [0.4, 0.5) is 15.8 Å².